The van der Waals surface area contributed by atoms with Crippen molar-refractivity contribution in [2.24, 2.45) is 5.73 Å². The summed E-state index contributed by atoms with van der Waals surface area (Å²) in [5.41, 5.74) is 8.18. The normalized spacial score (nSPS) is 12.7. The van der Waals surface area contributed by atoms with Crippen LogP contribution in [0.2, 0.25) is 0 Å². The molecule has 0 fully saturated rings. The van der Waals surface area contributed by atoms with E-state index in [2.05, 4.69) is 5.10 Å². The number of hydrogen-bond acceptors (Lipinski definition) is 4. The Balaban J connectivity index is 2.47. The predicted octanol–water partition coefficient (Wildman–Crippen LogP) is 2.17. The summed E-state index contributed by atoms with van der Waals surface area (Å²) in [6, 6.07) is 1.67. The second-order valence-corrected chi connectivity index (χ2v) is 4.26. The monoisotopic (exact) mass is 249 g/mol. The minimum absolute atomic E-state index is 0.292. The first-order valence-electron chi connectivity index (χ1n) is 6.00. The molecule has 0 radical (unpaired) electrons. The van der Waals surface area contributed by atoms with Gasteiger partial charge in [0.15, 0.2) is 5.75 Å². The van der Waals surface area contributed by atoms with Gasteiger partial charge in [-0.25, -0.2) is 0 Å². The summed E-state index contributed by atoms with van der Waals surface area (Å²) < 4.78 is 12.7. The number of nitrogens with zero attached hydrogens (tertiary/aromatic N) is 2. The second-order valence-electron chi connectivity index (χ2n) is 4.26. The van der Waals surface area contributed by atoms with Crippen LogP contribution in [0.25, 0.3) is 0 Å². The molecule has 0 amide bonds. The highest BCUT2D eigenvalue weighted by atomic mass is 16.5. The molecular weight excluding hydrogens is 230 g/mol. The van der Waals surface area contributed by atoms with Gasteiger partial charge < -0.3 is 14.9 Å². The molecule has 1 atom stereocenters. The number of nitrogens with two attached hydrogens (primary N) is 1. The number of ether oxygens (including phenoxy) is 1. The van der Waals surface area contributed by atoms with Gasteiger partial charge in [0.05, 0.1) is 19.3 Å². The van der Waals surface area contributed by atoms with Gasteiger partial charge in [0.25, 0.3) is 0 Å². The van der Waals surface area contributed by atoms with Crippen molar-refractivity contribution < 1.29 is 9.15 Å². The molecule has 0 saturated carbocycles. The zero-order valence-corrected chi connectivity index (χ0v) is 11.2. The van der Waals surface area contributed by atoms with Gasteiger partial charge >= 0.3 is 0 Å². The second kappa shape index (κ2) is 4.86. The van der Waals surface area contributed by atoms with Crippen molar-refractivity contribution >= 4 is 0 Å². The fourth-order valence-electron chi connectivity index (χ4n) is 2.21. The van der Waals surface area contributed by atoms with Gasteiger partial charge in [-0.2, -0.15) is 5.10 Å². The first kappa shape index (κ1) is 12.7. The molecule has 0 bridgehead atoms. The molecule has 2 N–H and O–H groups in total. The van der Waals surface area contributed by atoms with Crippen LogP contribution in [0, 0.1) is 13.8 Å². The van der Waals surface area contributed by atoms with E-state index in [1.165, 1.54) is 0 Å². The minimum atomic E-state index is -0.292. The molecule has 98 valence electrons. The lowest BCUT2D eigenvalue weighted by molar-refractivity contribution is 0.404. The van der Waals surface area contributed by atoms with Crippen LogP contribution >= 0.6 is 0 Å². The molecule has 0 saturated heterocycles. The van der Waals surface area contributed by atoms with E-state index in [1.54, 1.807) is 13.3 Å². The summed E-state index contributed by atoms with van der Waals surface area (Å²) in [7, 11) is 1.63. The van der Waals surface area contributed by atoms with E-state index in [9.17, 15) is 0 Å². The number of aromatic nitrogens is 2. The highest BCUT2D eigenvalue weighted by molar-refractivity contribution is 5.37. The zero-order chi connectivity index (χ0) is 13.3. The van der Waals surface area contributed by atoms with Crippen LogP contribution in [0.15, 0.2) is 16.7 Å². The lowest BCUT2D eigenvalue weighted by atomic mass is 10.0. The van der Waals surface area contributed by atoms with Gasteiger partial charge in [-0.05, 0) is 26.8 Å². The zero-order valence-electron chi connectivity index (χ0n) is 11.2. The number of hydrogen-bond donors (Lipinski definition) is 1. The van der Waals surface area contributed by atoms with Crippen LogP contribution in [0.5, 0.6) is 5.75 Å². The maximum absolute atomic E-state index is 6.33. The van der Waals surface area contributed by atoms with Gasteiger partial charge in [0.1, 0.15) is 17.2 Å². The van der Waals surface area contributed by atoms with Gasteiger partial charge in [-0.3, -0.25) is 4.68 Å². The molecule has 2 aromatic heterocycles. The third-order valence-corrected chi connectivity index (χ3v) is 3.07. The maximum Gasteiger partial charge on any atom is 0.161 e. The SMILES string of the molecule is CCn1ncc(OC)c1C(N)c1cc(C)oc1C. The van der Waals surface area contributed by atoms with Crippen LogP contribution in [0.1, 0.15) is 35.7 Å². The van der Waals surface area contributed by atoms with Crippen molar-refractivity contribution in [3.8, 4) is 5.75 Å². The number of furan rings is 1. The first-order valence-corrected chi connectivity index (χ1v) is 6.00. The third-order valence-electron chi connectivity index (χ3n) is 3.07. The van der Waals surface area contributed by atoms with E-state index in [0.29, 0.717) is 5.75 Å². The summed E-state index contributed by atoms with van der Waals surface area (Å²) in [5, 5.41) is 4.27. The maximum atomic E-state index is 6.33. The van der Waals surface area contributed by atoms with Crippen molar-refractivity contribution in [2.45, 2.75) is 33.4 Å². The molecular formula is C13H19N3O2. The third kappa shape index (κ3) is 2.01. The van der Waals surface area contributed by atoms with Gasteiger partial charge in [0, 0.05) is 12.1 Å². The predicted molar refractivity (Wildman–Crippen MR) is 68.7 cm³/mol. The summed E-state index contributed by atoms with van der Waals surface area (Å²) in [6.07, 6.45) is 1.70. The van der Waals surface area contributed by atoms with Crippen LogP contribution in [-0.4, -0.2) is 16.9 Å². The standard InChI is InChI=1S/C13H19N3O2/c1-5-16-13(11(17-4)7-15-16)12(14)10-6-8(2)18-9(10)3/h6-7,12H,5,14H2,1-4H3. The fraction of sp³-hybridized carbons (Fsp3) is 0.462. The Hall–Kier alpha value is -1.75. The van der Waals surface area contributed by atoms with Crippen molar-refractivity contribution in [2.75, 3.05) is 7.11 Å². The van der Waals surface area contributed by atoms with Crippen molar-refractivity contribution in [3.63, 3.8) is 0 Å². The van der Waals surface area contributed by atoms with Gasteiger partial charge in [0.2, 0.25) is 0 Å². The molecule has 5 nitrogen and oxygen atoms in total. The Kier molecular flexibility index (Phi) is 3.43. The molecule has 0 aromatic carbocycles. The van der Waals surface area contributed by atoms with Crippen LogP contribution in [-0.2, 0) is 6.54 Å². The van der Waals surface area contributed by atoms with Crippen molar-refractivity contribution in [3.05, 3.63) is 35.0 Å². The Bertz CT molecular complexity index is 521. The Morgan fingerprint density at radius 3 is 2.72 bits per heavy atom. The molecule has 2 aromatic rings. The van der Waals surface area contributed by atoms with Gasteiger partial charge in [-0.1, -0.05) is 0 Å². The summed E-state index contributed by atoms with van der Waals surface area (Å²) in [4.78, 5) is 0. The van der Waals surface area contributed by atoms with Gasteiger partial charge in [-0.15, -0.1) is 0 Å². The molecule has 2 heterocycles. The highest BCUT2D eigenvalue weighted by Crippen LogP contribution is 2.31. The number of rotatable bonds is 4. The van der Waals surface area contributed by atoms with E-state index in [4.69, 9.17) is 14.9 Å². The quantitative estimate of drug-likeness (QED) is 0.901. The number of methoxy groups -OCH3 is 1. The largest absolute Gasteiger partial charge is 0.493 e. The molecule has 2 rings (SSSR count). The Morgan fingerprint density at radius 2 is 2.22 bits per heavy atom. The lowest BCUT2D eigenvalue weighted by Gasteiger charge is -2.14. The van der Waals surface area contributed by atoms with Crippen molar-refractivity contribution in [1.82, 2.24) is 9.78 Å². The summed E-state index contributed by atoms with van der Waals surface area (Å²) in [6.45, 7) is 6.61. The first-order chi connectivity index (χ1) is 8.58. The van der Waals surface area contributed by atoms with Crippen LogP contribution in [0.3, 0.4) is 0 Å². The fourth-order valence-corrected chi connectivity index (χ4v) is 2.21. The smallest absolute Gasteiger partial charge is 0.161 e. The molecule has 0 spiro atoms. The highest BCUT2D eigenvalue weighted by Gasteiger charge is 2.23. The lowest BCUT2D eigenvalue weighted by Crippen LogP contribution is -2.18. The Labute approximate surface area is 107 Å². The molecule has 5 heteroatoms. The molecule has 0 aliphatic carbocycles. The average Bonchev–Trinajstić information content (AvgIpc) is 2.90. The molecule has 1 unspecified atom stereocenters. The van der Waals surface area contributed by atoms with Crippen LogP contribution < -0.4 is 10.5 Å². The van der Waals surface area contributed by atoms with E-state index < -0.39 is 0 Å². The number of aryl methyl sites for hydroxylation is 3. The van der Waals surface area contributed by atoms with E-state index >= 15 is 0 Å². The van der Waals surface area contributed by atoms with E-state index in [0.717, 1.165) is 29.3 Å². The Morgan fingerprint density at radius 1 is 1.50 bits per heavy atom. The molecule has 18 heavy (non-hydrogen) atoms. The summed E-state index contributed by atoms with van der Waals surface area (Å²) in [5.74, 6) is 2.41. The minimum Gasteiger partial charge on any atom is -0.493 e. The average molecular weight is 249 g/mol. The van der Waals surface area contributed by atoms with Crippen molar-refractivity contribution in [1.29, 1.82) is 0 Å². The van der Waals surface area contributed by atoms with E-state index in [-0.39, 0.29) is 6.04 Å². The van der Waals surface area contributed by atoms with E-state index in [1.807, 2.05) is 31.5 Å². The molecule has 0 aliphatic heterocycles. The van der Waals surface area contributed by atoms with Crippen LogP contribution in [0.4, 0.5) is 0 Å². The molecule has 0 aliphatic rings. The summed E-state index contributed by atoms with van der Waals surface area (Å²) >= 11 is 0. The topological polar surface area (TPSA) is 66.2 Å².